The third-order valence-corrected chi connectivity index (χ3v) is 5.08. The Morgan fingerprint density at radius 3 is 2.61 bits per heavy atom. The lowest BCUT2D eigenvalue weighted by Gasteiger charge is -2.36. The van der Waals surface area contributed by atoms with E-state index in [-0.39, 0.29) is 9.99 Å². The molecule has 1 N–H and O–H groups in total. The molecule has 8 heteroatoms. The van der Waals surface area contributed by atoms with Gasteiger partial charge in [-0.1, -0.05) is 32.5 Å². The third-order valence-electron chi connectivity index (χ3n) is 3.60. The molecular weight excluding hydrogens is 378 g/mol. The fourth-order valence-electron chi connectivity index (χ4n) is 2.57. The lowest BCUT2D eigenvalue weighted by atomic mass is 10.3. The molecule has 3 heterocycles. The summed E-state index contributed by atoms with van der Waals surface area (Å²) in [5.41, 5.74) is 0.823. The largest absolute Gasteiger partial charge is 0.352 e. The molecule has 124 valence electrons. The first-order valence-electron chi connectivity index (χ1n) is 7.55. The molecule has 2 aromatic heterocycles. The van der Waals surface area contributed by atoms with Gasteiger partial charge in [-0.15, -0.1) is 0 Å². The van der Waals surface area contributed by atoms with Crippen LogP contribution < -0.4 is 4.90 Å². The van der Waals surface area contributed by atoms with Crippen molar-refractivity contribution in [3.05, 3.63) is 17.0 Å². The van der Waals surface area contributed by atoms with E-state index in [1.165, 1.54) is 11.8 Å². The molecule has 0 aromatic carbocycles. The summed E-state index contributed by atoms with van der Waals surface area (Å²) in [6.07, 6.45) is 1.58. The maximum absolute atomic E-state index is 12.3. The van der Waals surface area contributed by atoms with Crippen molar-refractivity contribution >= 4 is 49.8 Å². The van der Waals surface area contributed by atoms with E-state index < -0.39 is 0 Å². The molecule has 2 aromatic rings. The molecule has 0 atom stereocenters. The smallest absolute Gasteiger partial charge is 0.282 e. The third kappa shape index (κ3) is 3.80. The van der Waals surface area contributed by atoms with Crippen LogP contribution in [-0.2, 0) is 0 Å². The second kappa shape index (κ2) is 6.32. The molecule has 1 fully saturated rings. The number of nitrogens with one attached hydrogen (secondary N) is 1. The van der Waals surface area contributed by atoms with E-state index in [1.807, 2.05) is 11.0 Å². The van der Waals surface area contributed by atoms with Gasteiger partial charge in [0, 0.05) is 30.9 Å². The topological polar surface area (TPSA) is 65.1 Å². The van der Waals surface area contributed by atoms with Gasteiger partial charge in [-0.25, -0.2) is 9.97 Å². The standard InChI is InChI=1S/C15H20BrN5OS/c1-15(2,3)23-14(22)21-6-4-20(5-7-21)13-10-8-11(16)19-12(10)17-9-18-13/h8-9H,4-7H2,1-3H3,(H,17,18,19). The van der Waals surface area contributed by atoms with Crippen LogP contribution in [0.15, 0.2) is 17.0 Å². The van der Waals surface area contributed by atoms with Crippen LogP contribution in [-0.4, -0.2) is 56.0 Å². The number of aromatic amines is 1. The molecule has 0 aliphatic carbocycles. The van der Waals surface area contributed by atoms with E-state index in [1.54, 1.807) is 6.33 Å². The van der Waals surface area contributed by atoms with Crippen LogP contribution in [0.1, 0.15) is 20.8 Å². The first-order valence-corrected chi connectivity index (χ1v) is 9.16. The Kier molecular flexibility index (Phi) is 4.55. The van der Waals surface area contributed by atoms with Crippen molar-refractivity contribution in [1.29, 1.82) is 0 Å². The highest BCUT2D eigenvalue weighted by atomic mass is 79.9. The number of nitrogens with zero attached hydrogens (tertiary/aromatic N) is 4. The zero-order chi connectivity index (χ0) is 16.6. The highest BCUT2D eigenvalue weighted by Crippen LogP contribution is 2.29. The van der Waals surface area contributed by atoms with Gasteiger partial charge >= 0.3 is 0 Å². The summed E-state index contributed by atoms with van der Waals surface area (Å²) in [6, 6.07) is 2.00. The van der Waals surface area contributed by atoms with Crippen molar-refractivity contribution in [3.8, 4) is 0 Å². The SMILES string of the molecule is CC(C)(C)SC(=O)N1CCN(c2ncnc3[nH]c(Br)cc23)CC1. The zero-order valence-corrected chi connectivity index (χ0v) is 15.9. The molecule has 1 saturated heterocycles. The Labute approximate surface area is 148 Å². The van der Waals surface area contributed by atoms with E-state index in [2.05, 4.69) is 56.6 Å². The normalized spacial score (nSPS) is 16.2. The van der Waals surface area contributed by atoms with Crippen LogP contribution in [0.25, 0.3) is 11.0 Å². The number of hydrogen-bond acceptors (Lipinski definition) is 5. The van der Waals surface area contributed by atoms with Crippen LogP contribution in [0.2, 0.25) is 0 Å². The maximum Gasteiger partial charge on any atom is 0.282 e. The predicted octanol–water partition coefficient (Wildman–Crippen LogP) is 3.49. The van der Waals surface area contributed by atoms with E-state index in [0.717, 1.165) is 47.6 Å². The molecule has 1 aliphatic heterocycles. The number of carbonyl (C=O) groups excluding carboxylic acids is 1. The monoisotopic (exact) mass is 397 g/mol. The van der Waals surface area contributed by atoms with Crippen LogP contribution in [0.3, 0.4) is 0 Å². The second-order valence-corrected chi connectivity index (χ2v) is 9.16. The quantitative estimate of drug-likeness (QED) is 0.797. The van der Waals surface area contributed by atoms with Gasteiger partial charge in [0.2, 0.25) is 0 Å². The fraction of sp³-hybridized carbons (Fsp3) is 0.533. The first kappa shape index (κ1) is 16.6. The summed E-state index contributed by atoms with van der Waals surface area (Å²) >= 11 is 4.84. The molecule has 0 spiro atoms. The average Bonchev–Trinajstić information content (AvgIpc) is 2.85. The number of piperazine rings is 1. The van der Waals surface area contributed by atoms with Crippen molar-refractivity contribution in [2.75, 3.05) is 31.1 Å². The lowest BCUT2D eigenvalue weighted by molar-refractivity contribution is 0.219. The molecular formula is C15H20BrN5OS. The number of fused-ring (bicyclic) bond motifs is 1. The average molecular weight is 398 g/mol. The molecule has 1 aliphatic rings. The van der Waals surface area contributed by atoms with Crippen LogP contribution in [0.5, 0.6) is 0 Å². The molecule has 1 amide bonds. The van der Waals surface area contributed by atoms with Crippen molar-refractivity contribution in [3.63, 3.8) is 0 Å². The predicted molar refractivity (Wildman–Crippen MR) is 98.1 cm³/mol. The zero-order valence-electron chi connectivity index (χ0n) is 13.5. The van der Waals surface area contributed by atoms with Gasteiger partial charge < -0.3 is 14.8 Å². The van der Waals surface area contributed by atoms with Gasteiger partial charge in [-0.05, 0) is 22.0 Å². The minimum Gasteiger partial charge on any atom is -0.352 e. The van der Waals surface area contributed by atoms with Crippen molar-refractivity contribution in [2.45, 2.75) is 25.5 Å². The van der Waals surface area contributed by atoms with Crippen LogP contribution in [0.4, 0.5) is 10.6 Å². The lowest BCUT2D eigenvalue weighted by Crippen LogP contribution is -2.48. The number of anilines is 1. The van der Waals surface area contributed by atoms with E-state index in [9.17, 15) is 4.79 Å². The molecule has 0 bridgehead atoms. The van der Waals surface area contributed by atoms with Crippen molar-refractivity contribution in [1.82, 2.24) is 19.9 Å². The summed E-state index contributed by atoms with van der Waals surface area (Å²) in [4.78, 5) is 28.3. The first-order chi connectivity index (χ1) is 10.8. The van der Waals surface area contributed by atoms with Gasteiger partial charge in [0.25, 0.3) is 5.24 Å². The maximum atomic E-state index is 12.3. The van der Waals surface area contributed by atoms with Gasteiger partial charge in [-0.2, -0.15) is 0 Å². The Hall–Kier alpha value is -1.28. The number of aromatic nitrogens is 3. The van der Waals surface area contributed by atoms with Crippen molar-refractivity contribution in [2.24, 2.45) is 0 Å². The minimum atomic E-state index is -0.0512. The van der Waals surface area contributed by atoms with E-state index >= 15 is 0 Å². The fourth-order valence-corrected chi connectivity index (χ4v) is 3.83. The summed E-state index contributed by atoms with van der Waals surface area (Å²) in [5, 5.41) is 1.16. The molecule has 23 heavy (non-hydrogen) atoms. The van der Waals surface area contributed by atoms with Crippen LogP contribution in [0, 0.1) is 0 Å². The summed E-state index contributed by atoms with van der Waals surface area (Å²) in [7, 11) is 0. The number of amides is 1. The van der Waals surface area contributed by atoms with E-state index in [0.29, 0.717) is 0 Å². The number of carbonyl (C=O) groups is 1. The van der Waals surface area contributed by atoms with E-state index in [4.69, 9.17) is 0 Å². The van der Waals surface area contributed by atoms with Gasteiger partial charge in [-0.3, -0.25) is 4.79 Å². The van der Waals surface area contributed by atoms with Gasteiger partial charge in [0.15, 0.2) is 0 Å². The second-order valence-electron chi connectivity index (χ2n) is 6.53. The number of thioether (sulfide) groups is 1. The van der Waals surface area contributed by atoms with Crippen LogP contribution >= 0.6 is 27.7 Å². The highest BCUT2D eigenvalue weighted by Gasteiger charge is 2.26. The Bertz CT molecular complexity index is 718. The number of rotatable bonds is 1. The summed E-state index contributed by atoms with van der Waals surface area (Å²) in [6.45, 7) is 9.20. The van der Waals surface area contributed by atoms with Gasteiger partial charge in [0.05, 0.1) is 9.99 Å². The Morgan fingerprint density at radius 1 is 1.26 bits per heavy atom. The number of hydrogen-bond donors (Lipinski definition) is 1. The molecule has 0 saturated carbocycles. The minimum absolute atomic E-state index is 0.0512. The van der Waals surface area contributed by atoms with Crippen molar-refractivity contribution < 1.29 is 4.79 Å². The molecule has 0 unspecified atom stereocenters. The molecule has 3 rings (SSSR count). The number of H-pyrrole nitrogens is 1. The Morgan fingerprint density at radius 2 is 1.96 bits per heavy atom. The summed E-state index contributed by atoms with van der Waals surface area (Å²) < 4.78 is 0.842. The highest BCUT2D eigenvalue weighted by molar-refractivity contribution is 9.10. The number of halogens is 1. The van der Waals surface area contributed by atoms with Gasteiger partial charge in [0.1, 0.15) is 17.8 Å². The summed E-state index contributed by atoms with van der Waals surface area (Å²) in [5.74, 6) is 0.924. The molecule has 6 nitrogen and oxygen atoms in total. The molecule has 0 radical (unpaired) electrons. The Balaban J connectivity index is 1.70.